The van der Waals surface area contributed by atoms with Crippen LogP contribution in [-0.4, -0.2) is 38.5 Å². The number of nitrogens with zero attached hydrogens (tertiary/aromatic N) is 3. The number of pyridine rings is 1. The van der Waals surface area contributed by atoms with Crippen LogP contribution in [0.3, 0.4) is 0 Å². The summed E-state index contributed by atoms with van der Waals surface area (Å²) in [5.41, 5.74) is 3.76. The molecule has 0 saturated carbocycles. The van der Waals surface area contributed by atoms with E-state index in [1.54, 1.807) is 49.6 Å². The summed E-state index contributed by atoms with van der Waals surface area (Å²) in [4.78, 5) is -0.254. The third-order valence-corrected chi connectivity index (χ3v) is 11.4. The summed E-state index contributed by atoms with van der Waals surface area (Å²) in [5, 5.41) is 12.6. The van der Waals surface area contributed by atoms with Gasteiger partial charge in [0.15, 0.2) is 15.7 Å². The highest BCUT2D eigenvalue weighted by molar-refractivity contribution is 8.14. The van der Waals surface area contributed by atoms with Crippen LogP contribution in [0.25, 0.3) is 27.9 Å². The summed E-state index contributed by atoms with van der Waals surface area (Å²) in [6.07, 6.45) is 1.04. The number of nitrogens with one attached hydrogen (secondary N) is 1. The molecule has 0 amide bonds. The monoisotopic (exact) mass is 610 g/mol. The Kier molecular flexibility index (Phi) is 7.20. The van der Waals surface area contributed by atoms with Crippen LogP contribution < -0.4 is 10.1 Å². The number of hydrogen-bond donors (Lipinski definition) is 1. The van der Waals surface area contributed by atoms with Gasteiger partial charge in [-0.25, -0.2) is 16.8 Å². The molecule has 0 fully saturated rings. The lowest BCUT2D eigenvalue weighted by Crippen LogP contribution is -2.16. The van der Waals surface area contributed by atoms with E-state index in [9.17, 15) is 16.8 Å². The highest BCUT2D eigenvalue weighted by Crippen LogP contribution is 2.31. The molecule has 0 atom stereocenters. The zero-order valence-electron chi connectivity index (χ0n) is 23.2. The number of hydrogen-bond acceptors (Lipinski definition) is 8. The van der Waals surface area contributed by atoms with E-state index in [1.807, 2.05) is 53.8 Å². The van der Waals surface area contributed by atoms with E-state index in [0.29, 0.717) is 17.2 Å². The highest BCUT2D eigenvalue weighted by atomic mass is 32.3. The maximum absolute atomic E-state index is 13.7. The van der Waals surface area contributed by atoms with Crippen molar-refractivity contribution in [2.75, 3.05) is 12.4 Å². The predicted octanol–water partition coefficient (Wildman–Crippen LogP) is 6.03. The molecule has 9 nitrogen and oxygen atoms in total. The Morgan fingerprint density at radius 2 is 1.37 bits per heavy atom. The third-order valence-electron chi connectivity index (χ3n) is 7.04. The van der Waals surface area contributed by atoms with Crippen molar-refractivity contribution in [1.82, 2.24) is 14.6 Å². The van der Waals surface area contributed by atoms with Crippen LogP contribution >= 0.6 is 0 Å². The lowest BCUT2D eigenvalue weighted by Gasteiger charge is -2.13. The molecule has 2 heterocycles. The standard InChI is InChI=1S/C32H26N4O5S2/c1-22-19-30-34-35-32(23-13-16-25(41-2)17-14-23)36(30)29-18-15-24(20-28(22)29)33-21-31(42(37,38)26-9-5-3-6-10-26)43(39,40)27-11-7-4-8-12-27/h3-21,33H,1-2H3. The van der Waals surface area contributed by atoms with Crippen molar-refractivity contribution in [2.24, 2.45) is 0 Å². The molecular formula is C32H26N4O5S2. The van der Waals surface area contributed by atoms with Crippen molar-refractivity contribution >= 4 is 41.9 Å². The lowest BCUT2D eigenvalue weighted by atomic mass is 10.1. The number of benzene rings is 4. The summed E-state index contributed by atoms with van der Waals surface area (Å²) >= 11 is 0. The maximum Gasteiger partial charge on any atom is 0.219 e. The Balaban J connectivity index is 1.46. The van der Waals surface area contributed by atoms with Gasteiger partial charge in [-0.1, -0.05) is 36.4 Å². The number of aromatic nitrogens is 3. The van der Waals surface area contributed by atoms with Crippen LogP contribution in [-0.2, 0) is 19.7 Å². The van der Waals surface area contributed by atoms with Crippen molar-refractivity contribution in [1.29, 1.82) is 0 Å². The number of methoxy groups -OCH3 is 1. The van der Waals surface area contributed by atoms with E-state index in [1.165, 1.54) is 24.3 Å². The molecular weight excluding hydrogens is 585 g/mol. The molecule has 1 N–H and O–H groups in total. The number of aryl methyl sites for hydroxylation is 1. The zero-order valence-corrected chi connectivity index (χ0v) is 24.8. The van der Waals surface area contributed by atoms with Gasteiger partial charge in [0, 0.05) is 22.8 Å². The smallest absolute Gasteiger partial charge is 0.219 e. The second-order valence-electron chi connectivity index (χ2n) is 9.75. The second kappa shape index (κ2) is 11.0. The number of fused-ring (bicyclic) bond motifs is 3. The van der Waals surface area contributed by atoms with Crippen LogP contribution in [0.1, 0.15) is 5.56 Å². The van der Waals surface area contributed by atoms with Crippen molar-refractivity contribution in [3.05, 3.63) is 125 Å². The molecule has 4 aromatic carbocycles. The van der Waals surface area contributed by atoms with Gasteiger partial charge in [0.2, 0.25) is 19.7 Å². The summed E-state index contributed by atoms with van der Waals surface area (Å²) in [7, 11) is -7.21. The average molecular weight is 611 g/mol. The molecule has 2 aromatic heterocycles. The number of sulfone groups is 2. The second-order valence-corrected chi connectivity index (χ2v) is 13.8. The van der Waals surface area contributed by atoms with Crippen LogP contribution in [0.2, 0.25) is 0 Å². The Hall–Kier alpha value is -5.00. The Morgan fingerprint density at radius 1 is 0.767 bits per heavy atom. The summed E-state index contributed by atoms with van der Waals surface area (Å²) in [5.74, 6) is 1.37. The van der Waals surface area contributed by atoms with Gasteiger partial charge in [-0.2, -0.15) is 0 Å². The molecule has 0 aliphatic heterocycles. The largest absolute Gasteiger partial charge is 0.497 e. The van der Waals surface area contributed by atoms with Crippen LogP contribution in [0, 0.1) is 6.92 Å². The lowest BCUT2D eigenvalue weighted by molar-refractivity contribution is 0.415. The zero-order chi connectivity index (χ0) is 30.2. The number of anilines is 1. The van der Waals surface area contributed by atoms with Crippen molar-refractivity contribution in [3.63, 3.8) is 0 Å². The van der Waals surface area contributed by atoms with Gasteiger partial charge in [0.05, 0.1) is 22.4 Å². The van der Waals surface area contributed by atoms with E-state index < -0.39 is 23.9 Å². The van der Waals surface area contributed by atoms with E-state index in [0.717, 1.165) is 34.0 Å². The van der Waals surface area contributed by atoms with Crippen molar-refractivity contribution in [3.8, 4) is 17.1 Å². The minimum Gasteiger partial charge on any atom is -0.497 e. The molecule has 0 saturated heterocycles. The fourth-order valence-corrected chi connectivity index (χ4v) is 8.49. The van der Waals surface area contributed by atoms with Crippen molar-refractivity contribution < 1.29 is 21.6 Å². The topological polar surface area (TPSA) is 120 Å². The van der Waals surface area contributed by atoms with Gasteiger partial charge in [-0.3, -0.25) is 4.40 Å². The SMILES string of the molecule is COc1ccc(-c2nnc3cc(C)c4cc(NC=C(S(=O)(=O)c5ccccc5)S(=O)(=O)c5ccccc5)ccc4n23)cc1. The van der Waals surface area contributed by atoms with E-state index >= 15 is 0 Å². The number of ether oxygens (including phenoxy) is 1. The summed E-state index contributed by atoms with van der Waals surface area (Å²) < 4.78 is 61.1. The summed E-state index contributed by atoms with van der Waals surface area (Å²) in [6, 6.07) is 29.9. The first-order valence-electron chi connectivity index (χ1n) is 13.2. The van der Waals surface area contributed by atoms with Gasteiger partial charge in [0.25, 0.3) is 0 Å². The molecule has 43 heavy (non-hydrogen) atoms. The molecule has 0 radical (unpaired) electrons. The molecule has 6 rings (SSSR count). The summed E-state index contributed by atoms with van der Waals surface area (Å²) in [6.45, 7) is 1.94. The van der Waals surface area contributed by atoms with Crippen LogP contribution in [0.4, 0.5) is 5.69 Å². The first kappa shape index (κ1) is 28.1. The van der Waals surface area contributed by atoms with Gasteiger partial charge < -0.3 is 10.1 Å². The molecule has 0 spiro atoms. The molecule has 0 aliphatic carbocycles. The molecule has 0 unspecified atom stereocenters. The fraction of sp³-hybridized carbons (Fsp3) is 0.0625. The highest BCUT2D eigenvalue weighted by Gasteiger charge is 2.33. The quantitative estimate of drug-likeness (QED) is 0.222. The molecule has 0 aliphatic rings. The van der Waals surface area contributed by atoms with E-state index in [2.05, 4.69) is 15.5 Å². The van der Waals surface area contributed by atoms with Gasteiger partial charge >= 0.3 is 0 Å². The van der Waals surface area contributed by atoms with Crippen LogP contribution in [0.15, 0.2) is 129 Å². The number of rotatable bonds is 8. The molecule has 0 bridgehead atoms. The molecule has 6 aromatic rings. The Morgan fingerprint density at radius 3 is 1.95 bits per heavy atom. The molecule has 11 heteroatoms. The maximum atomic E-state index is 13.7. The Labute approximate surface area is 248 Å². The normalized spacial score (nSPS) is 11.9. The first-order chi connectivity index (χ1) is 20.7. The average Bonchev–Trinajstić information content (AvgIpc) is 3.45. The van der Waals surface area contributed by atoms with Gasteiger partial charge in [0.1, 0.15) is 5.75 Å². The van der Waals surface area contributed by atoms with Crippen molar-refractivity contribution in [2.45, 2.75) is 16.7 Å². The minimum atomic E-state index is -4.41. The Bertz CT molecular complexity index is 2140. The third kappa shape index (κ3) is 5.13. The first-order valence-corrected chi connectivity index (χ1v) is 16.2. The minimum absolute atomic E-state index is 0.127. The van der Waals surface area contributed by atoms with Crippen LogP contribution in [0.5, 0.6) is 5.75 Å². The van der Waals surface area contributed by atoms with E-state index in [4.69, 9.17) is 4.74 Å². The molecule has 216 valence electrons. The van der Waals surface area contributed by atoms with Gasteiger partial charge in [-0.05, 0) is 85.3 Å². The van der Waals surface area contributed by atoms with Gasteiger partial charge in [-0.15, -0.1) is 10.2 Å². The van der Waals surface area contributed by atoms with E-state index in [-0.39, 0.29) is 9.79 Å². The fourth-order valence-electron chi connectivity index (χ4n) is 4.84. The predicted molar refractivity (Wildman–Crippen MR) is 166 cm³/mol.